The van der Waals surface area contributed by atoms with E-state index in [0.717, 1.165) is 40.0 Å². The first-order chi connectivity index (χ1) is 21.1. The minimum absolute atomic E-state index is 0.166. The molecule has 0 saturated carbocycles. The van der Waals surface area contributed by atoms with E-state index in [0.29, 0.717) is 20.6 Å². The Balaban J connectivity index is 1.57. The van der Waals surface area contributed by atoms with Crippen molar-refractivity contribution in [3.05, 3.63) is 129 Å². The van der Waals surface area contributed by atoms with Crippen molar-refractivity contribution in [1.82, 2.24) is 4.57 Å². The highest BCUT2D eigenvalue weighted by molar-refractivity contribution is 7.98. The molecule has 1 aliphatic rings. The maximum Gasteiger partial charge on any atom is 0.338 e. The van der Waals surface area contributed by atoms with Crippen molar-refractivity contribution in [2.24, 2.45) is 4.99 Å². The van der Waals surface area contributed by atoms with Crippen molar-refractivity contribution in [2.75, 3.05) is 12.9 Å². The number of aromatic nitrogens is 1. The molecule has 1 atom stereocenters. The SMILES string of the molecule is CCOC(=O)C1=C(C)N=c2s/c(=C\c3cccc(Oc4ccc([N+](=O)[O-])cc4[N+](=O)[O-])c3)c(=O)n2[C@H]1c1ccc(SC)cc1. The molecular formula is C30H24N4O8S2. The summed E-state index contributed by atoms with van der Waals surface area (Å²) in [6.07, 6.45) is 3.59. The van der Waals surface area contributed by atoms with Gasteiger partial charge in [0.1, 0.15) is 5.75 Å². The van der Waals surface area contributed by atoms with E-state index in [1.54, 1.807) is 56.0 Å². The molecule has 0 bridgehead atoms. The van der Waals surface area contributed by atoms with Crippen LogP contribution in [0.5, 0.6) is 11.5 Å². The number of ether oxygens (including phenoxy) is 2. The maximum absolute atomic E-state index is 13.9. The van der Waals surface area contributed by atoms with Crippen LogP contribution in [0, 0.1) is 20.2 Å². The number of benzene rings is 3. The molecule has 5 rings (SSSR count). The molecular weight excluding hydrogens is 608 g/mol. The number of fused-ring (bicyclic) bond motifs is 1. The lowest BCUT2D eigenvalue weighted by atomic mass is 9.96. The maximum atomic E-state index is 13.9. The molecule has 0 saturated heterocycles. The second kappa shape index (κ2) is 12.7. The number of nitrogens with zero attached hydrogens (tertiary/aromatic N) is 4. The molecule has 4 aromatic rings. The molecule has 0 fully saturated rings. The third-order valence-electron chi connectivity index (χ3n) is 6.68. The lowest BCUT2D eigenvalue weighted by molar-refractivity contribution is -0.394. The molecule has 3 aromatic carbocycles. The Kier molecular flexibility index (Phi) is 8.73. The molecule has 224 valence electrons. The van der Waals surface area contributed by atoms with Crippen LogP contribution in [0.4, 0.5) is 11.4 Å². The Morgan fingerprint density at radius 2 is 1.84 bits per heavy atom. The standard InChI is InChI=1S/C30H24N4O8S2/c1-4-41-29(36)26-17(2)31-30-32(27(26)19-8-11-22(43-3)12-9-19)28(35)25(44-30)15-18-6-5-7-21(14-18)42-24-13-10-20(33(37)38)16-23(24)34(39)40/h5-16,27H,4H2,1-3H3/b25-15-/t27-/m0/s1. The Hall–Kier alpha value is -5.08. The van der Waals surface area contributed by atoms with Gasteiger partial charge < -0.3 is 9.47 Å². The highest BCUT2D eigenvalue weighted by Crippen LogP contribution is 2.35. The summed E-state index contributed by atoms with van der Waals surface area (Å²) in [5.74, 6) is -0.505. The summed E-state index contributed by atoms with van der Waals surface area (Å²) >= 11 is 2.73. The topological polar surface area (TPSA) is 156 Å². The van der Waals surface area contributed by atoms with Crippen molar-refractivity contribution >= 4 is 46.5 Å². The van der Waals surface area contributed by atoms with E-state index in [9.17, 15) is 29.8 Å². The number of rotatable bonds is 9. The molecule has 1 aromatic heterocycles. The summed E-state index contributed by atoms with van der Waals surface area (Å²) in [5.41, 5.74) is 0.661. The van der Waals surface area contributed by atoms with E-state index in [2.05, 4.69) is 4.99 Å². The Morgan fingerprint density at radius 1 is 1.09 bits per heavy atom. The van der Waals surface area contributed by atoms with Gasteiger partial charge in [-0.15, -0.1) is 11.8 Å². The van der Waals surface area contributed by atoms with Gasteiger partial charge >= 0.3 is 11.7 Å². The largest absolute Gasteiger partial charge is 0.463 e. The fourth-order valence-corrected chi connectivity index (χ4v) is 6.14. The second-order valence-electron chi connectivity index (χ2n) is 9.42. The van der Waals surface area contributed by atoms with Gasteiger partial charge in [-0.25, -0.2) is 9.79 Å². The molecule has 14 heteroatoms. The predicted octanol–water partition coefficient (Wildman–Crippen LogP) is 5.13. The molecule has 0 spiro atoms. The molecule has 0 N–H and O–H groups in total. The van der Waals surface area contributed by atoms with Crippen molar-refractivity contribution in [3.8, 4) is 11.5 Å². The zero-order chi connectivity index (χ0) is 31.5. The number of nitro groups is 2. The van der Waals surface area contributed by atoms with Crippen molar-refractivity contribution in [3.63, 3.8) is 0 Å². The van der Waals surface area contributed by atoms with E-state index in [1.165, 1.54) is 4.57 Å². The number of esters is 1. The zero-order valence-electron chi connectivity index (χ0n) is 23.6. The number of non-ortho nitro benzene ring substituents is 1. The molecule has 0 amide bonds. The van der Waals surface area contributed by atoms with Crippen LogP contribution in [0.15, 0.2) is 92.7 Å². The van der Waals surface area contributed by atoms with Crippen LogP contribution in [-0.2, 0) is 9.53 Å². The van der Waals surface area contributed by atoms with Crippen LogP contribution in [0.25, 0.3) is 6.08 Å². The first-order valence-electron chi connectivity index (χ1n) is 13.2. The summed E-state index contributed by atoms with van der Waals surface area (Å²) in [4.78, 5) is 54.1. The van der Waals surface area contributed by atoms with Crippen LogP contribution in [0.3, 0.4) is 0 Å². The fourth-order valence-electron chi connectivity index (χ4n) is 4.69. The molecule has 0 radical (unpaired) electrons. The van der Waals surface area contributed by atoms with E-state index >= 15 is 0 Å². The van der Waals surface area contributed by atoms with E-state index in [-0.39, 0.29) is 29.2 Å². The second-order valence-corrected chi connectivity index (χ2v) is 11.3. The predicted molar refractivity (Wildman–Crippen MR) is 165 cm³/mol. The van der Waals surface area contributed by atoms with Gasteiger partial charge in [-0.1, -0.05) is 35.6 Å². The highest BCUT2D eigenvalue weighted by Gasteiger charge is 2.33. The molecule has 12 nitrogen and oxygen atoms in total. The van der Waals surface area contributed by atoms with Gasteiger partial charge in [0.2, 0.25) is 5.75 Å². The number of hydrogen-bond donors (Lipinski definition) is 0. The fraction of sp³-hybridized carbons (Fsp3) is 0.167. The molecule has 1 aliphatic heterocycles. The van der Waals surface area contributed by atoms with E-state index in [1.807, 2.05) is 30.5 Å². The number of nitro benzene ring substituents is 2. The van der Waals surface area contributed by atoms with Gasteiger partial charge in [0.05, 0.1) is 44.4 Å². The van der Waals surface area contributed by atoms with Crippen molar-refractivity contribution in [2.45, 2.75) is 24.8 Å². The lowest BCUT2D eigenvalue weighted by Gasteiger charge is -2.24. The molecule has 2 heterocycles. The first kappa shape index (κ1) is 30.4. The monoisotopic (exact) mass is 632 g/mol. The van der Waals surface area contributed by atoms with Crippen LogP contribution in [0.1, 0.15) is 31.0 Å². The van der Waals surface area contributed by atoms with Crippen LogP contribution >= 0.6 is 23.1 Å². The number of carbonyl (C=O) groups is 1. The summed E-state index contributed by atoms with van der Waals surface area (Å²) in [6.45, 7) is 3.59. The van der Waals surface area contributed by atoms with Gasteiger partial charge in [-0.3, -0.25) is 29.6 Å². The minimum atomic E-state index is -0.759. The molecule has 44 heavy (non-hydrogen) atoms. The van der Waals surface area contributed by atoms with Crippen molar-refractivity contribution in [1.29, 1.82) is 0 Å². The summed E-state index contributed by atoms with van der Waals surface area (Å²) in [6, 6.07) is 16.5. The first-order valence-corrected chi connectivity index (χ1v) is 15.2. The van der Waals surface area contributed by atoms with Crippen LogP contribution in [-0.4, -0.2) is 33.2 Å². The third-order valence-corrected chi connectivity index (χ3v) is 8.41. The minimum Gasteiger partial charge on any atom is -0.463 e. The van der Waals surface area contributed by atoms with E-state index < -0.39 is 33.2 Å². The van der Waals surface area contributed by atoms with Crippen molar-refractivity contribution < 1.29 is 24.1 Å². The smallest absolute Gasteiger partial charge is 0.338 e. The highest BCUT2D eigenvalue weighted by atomic mass is 32.2. The average Bonchev–Trinajstić information content (AvgIpc) is 3.30. The molecule has 0 unspecified atom stereocenters. The number of hydrogen-bond acceptors (Lipinski definition) is 11. The van der Waals surface area contributed by atoms with Crippen LogP contribution in [0.2, 0.25) is 0 Å². The third kappa shape index (κ3) is 6.02. The van der Waals surface area contributed by atoms with Gasteiger partial charge in [0, 0.05) is 11.0 Å². The number of allylic oxidation sites excluding steroid dienone is 1. The zero-order valence-corrected chi connectivity index (χ0v) is 25.2. The lowest BCUT2D eigenvalue weighted by Crippen LogP contribution is -2.39. The number of carbonyl (C=O) groups excluding carboxylic acids is 1. The number of thiazole rings is 1. The van der Waals surface area contributed by atoms with Gasteiger partial charge in [0.25, 0.3) is 11.2 Å². The molecule has 0 aliphatic carbocycles. The van der Waals surface area contributed by atoms with Gasteiger partial charge in [-0.2, -0.15) is 0 Å². The van der Waals surface area contributed by atoms with Crippen LogP contribution < -0.4 is 19.6 Å². The van der Waals surface area contributed by atoms with Gasteiger partial charge in [-0.05, 0) is 67.6 Å². The summed E-state index contributed by atoms with van der Waals surface area (Å²) in [7, 11) is 0. The Bertz CT molecular complexity index is 2020. The quantitative estimate of drug-likeness (QED) is 0.106. The summed E-state index contributed by atoms with van der Waals surface area (Å²) < 4.78 is 12.9. The normalized spacial score (nSPS) is 14.5. The summed E-state index contributed by atoms with van der Waals surface area (Å²) in [5, 5.41) is 22.6. The average molecular weight is 633 g/mol. The van der Waals surface area contributed by atoms with Gasteiger partial charge in [0.15, 0.2) is 4.80 Å². The van der Waals surface area contributed by atoms with E-state index in [4.69, 9.17) is 9.47 Å². The number of thioether (sulfide) groups is 1. The Morgan fingerprint density at radius 3 is 2.50 bits per heavy atom. The Labute approximate surface area is 257 Å².